The van der Waals surface area contributed by atoms with Gasteiger partial charge in [0.2, 0.25) is 0 Å². The molecule has 0 N–H and O–H groups in total. The molecule has 160 valence electrons. The summed E-state index contributed by atoms with van der Waals surface area (Å²) in [5, 5.41) is 0. The minimum atomic E-state index is -0.240. The molecule has 3 nitrogen and oxygen atoms in total. The smallest absolute Gasteiger partial charge is 0.309 e. The van der Waals surface area contributed by atoms with Crippen molar-refractivity contribution in [1.29, 1.82) is 0 Å². The maximum atomic E-state index is 13.5. The summed E-state index contributed by atoms with van der Waals surface area (Å²) in [6.45, 7) is 2.10. The lowest BCUT2D eigenvalue weighted by molar-refractivity contribution is -0.144. The third-order valence-corrected chi connectivity index (χ3v) is 8.86. The number of nitrogens with zero attached hydrogens (tertiary/aromatic N) is 1. The highest BCUT2D eigenvalue weighted by atomic mass is 19.1. The van der Waals surface area contributed by atoms with Gasteiger partial charge in [-0.25, -0.2) is 4.39 Å². The molecule has 0 radical (unpaired) electrons. The van der Waals surface area contributed by atoms with Gasteiger partial charge in [-0.2, -0.15) is 0 Å². The first-order valence-electron chi connectivity index (χ1n) is 11.7. The van der Waals surface area contributed by atoms with Crippen LogP contribution in [0.5, 0.6) is 0 Å². The van der Waals surface area contributed by atoms with Crippen LogP contribution in [-0.2, 0) is 9.53 Å². The summed E-state index contributed by atoms with van der Waals surface area (Å²) in [4.78, 5) is 17.3. The number of fused-ring (bicyclic) bond motifs is 2. The van der Waals surface area contributed by atoms with Crippen LogP contribution in [0.15, 0.2) is 48.7 Å². The summed E-state index contributed by atoms with van der Waals surface area (Å²) in [6.07, 6.45) is 13.5. The molecule has 1 unspecified atom stereocenters. The van der Waals surface area contributed by atoms with E-state index in [2.05, 4.69) is 24.1 Å². The summed E-state index contributed by atoms with van der Waals surface area (Å²) < 4.78 is 19.3. The van der Waals surface area contributed by atoms with E-state index >= 15 is 0 Å². The number of hydrogen-bond donors (Lipinski definition) is 0. The average Bonchev–Trinajstić information content (AvgIpc) is 3.43. The molecule has 4 aliphatic rings. The maximum Gasteiger partial charge on any atom is 0.309 e. The summed E-state index contributed by atoms with van der Waals surface area (Å²) in [5.41, 5.74) is 2.70. The van der Waals surface area contributed by atoms with E-state index in [0.717, 1.165) is 29.7 Å². The number of carbonyl (C=O) groups excluding carboxylic acids is 1. The standard InChI is InChI=1S/C27H28FNO2/c1-17-27-16-26(27,23-8-3-2-5-19(23)14-24(27)25(30)31-17)12-11-22-10-9-20(15-29-22)18-6-4-7-21(28)13-18/h4,6-7,9-13,15,17,19,23-24H,2-3,5,8,14,16H2,1H3/b12-11+/t17-,19+,23-,24+,26?,27-/m1/s1. The quantitative estimate of drug-likeness (QED) is 0.571. The molecule has 1 spiro atoms. The van der Waals surface area contributed by atoms with Gasteiger partial charge in [-0.05, 0) is 67.9 Å². The van der Waals surface area contributed by atoms with E-state index in [9.17, 15) is 9.18 Å². The topological polar surface area (TPSA) is 39.2 Å². The van der Waals surface area contributed by atoms with E-state index in [-0.39, 0.29) is 34.6 Å². The first-order chi connectivity index (χ1) is 15.0. The molecular weight excluding hydrogens is 389 g/mol. The number of esters is 1. The zero-order valence-corrected chi connectivity index (χ0v) is 17.9. The molecule has 1 aromatic heterocycles. The normalized spacial score (nSPS) is 38.3. The van der Waals surface area contributed by atoms with Gasteiger partial charge in [0.15, 0.2) is 0 Å². The van der Waals surface area contributed by atoms with E-state index < -0.39 is 0 Å². The van der Waals surface area contributed by atoms with Crippen molar-refractivity contribution in [1.82, 2.24) is 4.98 Å². The Kier molecular flexibility index (Phi) is 4.19. The molecule has 4 heteroatoms. The molecule has 3 aliphatic carbocycles. The molecule has 6 rings (SSSR count). The number of benzene rings is 1. The molecule has 2 aromatic rings. The molecule has 31 heavy (non-hydrogen) atoms. The van der Waals surface area contributed by atoms with Crippen LogP contribution in [0.25, 0.3) is 17.2 Å². The Hall–Kier alpha value is -2.49. The number of cyclic esters (lactones) is 1. The Bertz CT molecular complexity index is 1060. The van der Waals surface area contributed by atoms with Gasteiger partial charge in [0.25, 0.3) is 0 Å². The Morgan fingerprint density at radius 1 is 1.16 bits per heavy atom. The van der Waals surface area contributed by atoms with Crippen molar-refractivity contribution in [2.75, 3.05) is 0 Å². The van der Waals surface area contributed by atoms with Crippen LogP contribution >= 0.6 is 0 Å². The van der Waals surface area contributed by atoms with Crippen molar-refractivity contribution in [3.05, 3.63) is 60.2 Å². The molecular formula is C27H28FNO2. The minimum Gasteiger partial charge on any atom is -0.462 e. The van der Waals surface area contributed by atoms with E-state index in [1.165, 1.54) is 37.8 Å². The van der Waals surface area contributed by atoms with E-state index in [1.54, 1.807) is 6.07 Å². The SMILES string of the molecule is C[C@H]1OC(=O)[C@@H]2C[C@@H]3CCCC[C@H]3C3(/C=C/c4ccc(-c5cccc(F)c5)cn4)C[C@@]123. The number of allylic oxidation sites excluding steroid dienone is 1. The molecule has 6 atom stereocenters. The monoisotopic (exact) mass is 417 g/mol. The van der Waals surface area contributed by atoms with Crippen LogP contribution in [0.3, 0.4) is 0 Å². The molecule has 3 saturated carbocycles. The molecule has 0 bridgehead atoms. The van der Waals surface area contributed by atoms with Gasteiger partial charge in [0.05, 0.1) is 11.6 Å². The molecule has 1 aliphatic heterocycles. The van der Waals surface area contributed by atoms with Crippen LogP contribution in [0, 0.1) is 34.4 Å². The van der Waals surface area contributed by atoms with Crippen LogP contribution in [0.2, 0.25) is 0 Å². The Labute approximate surface area is 182 Å². The van der Waals surface area contributed by atoms with Gasteiger partial charge < -0.3 is 4.74 Å². The first-order valence-corrected chi connectivity index (χ1v) is 11.7. The van der Waals surface area contributed by atoms with Crippen LogP contribution in [-0.4, -0.2) is 17.1 Å². The van der Waals surface area contributed by atoms with Crippen LogP contribution < -0.4 is 0 Å². The fourth-order valence-corrected chi connectivity index (χ4v) is 7.43. The third kappa shape index (κ3) is 2.69. The Morgan fingerprint density at radius 3 is 2.84 bits per heavy atom. The maximum absolute atomic E-state index is 13.5. The lowest BCUT2D eigenvalue weighted by atomic mass is 9.57. The zero-order chi connectivity index (χ0) is 21.2. The minimum absolute atomic E-state index is 0.000777. The number of halogens is 1. The highest BCUT2D eigenvalue weighted by molar-refractivity contribution is 5.79. The van der Waals surface area contributed by atoms with Gasteiger partial charge in [0.1, 0.15) is 11.9 Å². The Balaban J connectivity index is 1.31. The molecule has 4 fully saturated rings. The second-order valence-corrected chi connectivity index (χ2v) is 10.1. The highest BCUT2D eigenvalue weighted by Gasteiger charge is 2.81. The number of ether oxygens (including phenoxy) is 1. The number of pyridine rings is 1. The van der Waals surface area contributed by atoms with Crippen LogP contribution in [0.4, 0.5) is 4.39 Å². The molecule has 1 aromatic carbocycles. The van der Waals surface area contributed by atoms with Gasteiger partial charge in [-0.3, -0.25) is 9.78 Å². The van der Waals surface area contributed by atoms with E-state index in [4.69, 9.17) is 4.74 Å². The van der Waals surface area contributed by atoms with Crippen molar-refractivity contribution in [2.24, 2.45) is 28.6 Å². The van der Waals surface area contributed by atoms with Crippen LogP contribution in [0.1, 0.15) is 51.1 Å². The van der Waals surface area contributed by atoms with Crippen molar-refractivity contribution in [3.63, 3.8) is 0 Å². The molecule has 1 saturated heterocycles. The van der Waals surface area contributed by atoms with Crippen molar-refractivity contribution < 1.29 is 13.9 Å². The second kappa shape index (κ2) is 6.75. The predicted octanol–water partition coefficient (Wildman–Crippen LogP) is 6.05. The summed E-state index contributed by atoms with van der Waals surface area (Å²) in [7, 11) is 0. The number of rotatable bonds is 3. The van der Waals surface area contributed by atoms with Gasteiger partial charge >= 0.3 is 5.97 Å². The lowest BCUT2D eigenvalue weighted by Gasteiger charge is -2.45. The fraction of sp³-hybridized carbons (Fsp3) is 0.481. The summed E-state index contributed by atoms with van der Waals surface area (Å²) >= 11 is 0. The fourth-order valence-electron chi connectivity index (χ4n) is 7.43. The zero-order valence-electron chi connectivity index (χ0n) is 17.9. The number of hydrogen-bond acceptors (Lipinski definition) is 3. The summed E-state index contributed by atoms with van der Waals surface area (Å²) in [6, 6.07) is 10.6. The average molecular weight is 418 g/mol. The van der Waals surface area contributed by atoms with E-state index in [0.29, 0.717) is 11.8 Å². The third-order valence-electron chi connectivity index (χ3n) is 8.86. The van der Waals surface area contributed by atoms with Gasteiger partial charge in [0, 0.05) is 22.6 Å². The van der Waals surface area contributed by atoms with Gasteiger partial charge in [-0.1, -0.05) is 43.5 Å². The van der Waals surface area contributed by atoms with Crippen molar-refractivity contribution in [3.8, 4) is 11.1 Å². The summed E-state index contributed by atoms with van der Waals surface area (Å²) in [5.74, 6) is 1.15. The van der Waals surface area contributed by atoms with Crippen molar-refractivity contribution in [2.45, 2.75) is 51.6 Å². The Morgan fingerprint density at radius 2 is 2.03 bits per heavy atom. The molecule has 0 amide bonds. The molecule has 2 heterocycles. The predicted molar refractivity (Wildman–Crippen MR) is 117 cm³/mol. The van der Waals surface area contributed by atoms with Gasteiger partial charge in [-0.15, -0.1) is 0 Å². The van der Waals surface area contributed by atoms with E-state index in [1.807, 2.05) is 24.4 Å². The largest absolute Gasteiger partial charge is 0.462 e. The highest BCUT2D eigenvalue weighted by Crippen LogP contribution is 2.82. The van der Waals surface area contributed by atoms with Crippen molar-refractivity contribution >= 4 is 12.0 Å². The number of aromatic nitrogens is 1. The second-order valence-electron chi connectivity index (χ2n) is 10.1. The first kappa shape index (κ1) is 19.2. The lowest BCUT2D eigenvalue weighted by Crippen LogP contribution is -2.42. The number of carbonyl (C=O) groups is 1.